The van der Waals surface area contributed by atoms with Crippen molar-refractivity contribution in [2.24, 2.45) is 11.3 Å². The van der Waals surface area contributed by atoms with E-state index in [0.29, 0.717) is 23.6 Å². The molecule has 5 N–H and O–H groups in total. The number of hydroxylamine groups is 1. The standard InChI is InChI=1S/C33H47ClN4O7/c1-5-10-23(27(40)31(43)44)35-29(41)25-18-33(17-24(37-45-33)21-13-9-14-22(34)16-21)19-38(25)30(42)28(32(2,3)4)36-26(39)15-20-11-7-6-8-12-20/h9,13-14,16-17,20,23,25,27-28,37,40H,5-8,10-12,15,18-19H2,1-4H3,(H,35,41)(H,36,39)(H,43,44)/t23-,25-,27?,28+,33+/m0/s1. The number of aliphatic hydroxyl groups is 1. The van der Waals surface area contributed by atoms with Crippen molar-refractivity contribution in [1.29, 1.82) is 0 Å². The van der Waals surface area contributed by atoms with Crippen LogP contribution in [0.25, 0.3) is 5.70 Å². The molecule has 3 amide bonds. The van der Waals surface area contributed by atoms with Gasteiger partial charge < -0.3 is 25.7 Å². The fraction of sp³-hybridized carbons (Fsp3) is 0.636. The van der Waals surface area contributed by atoms with Crippen LogP contribution in [0.4, 0.5) is 0 Å². The highest BCUT2D eigenvalue weighted by Gasteiger charge is 2.54. The fourth-order valence-corrected chi connectivity index (χ4v) is 6.77. The van der Waals surface area contributed by atoms with E-state index in [1.165, 1.54) is 11.3 Å². The van der Waals surface area contributed by atoms with E-state index in [1.807, 2.05) is 39.8 Å². The summed E-state index contributed by atoms with van der Waals surface area (Å²) in [4.78, 5) is 60.6. The maximum absolute atomic E-state index is 14.4. The van der Waals surface area contributed by atoms with Gasteiger partial charge >= 0.3 is 5.97 Å². The third-order valence-electron chi connectivity index (χ3n) is 9.02. The van der Waals surface area contributed by atoms with Crippen molar-refractivity contribution in [3.63, 3.8) is 0 Å². The Balaban J connectivity index is 1.63. The van der Waals surface area contributed by atoms with Crippen LogP contribution >= 0.6 is 11.6 Å². The molecule has 45 heavy (non-hydrogen) atoms. The van der Waals surface area contributed by atoms with Crippen LogP contribution in [0.2, 0.25) is 5.02 Å². The molecule has 2 heterocycles. The molecule has 1 saturated heterocycles. The molecule has 1 unspecified atom stereocenters. The van der Waals surface area contributed by atoms with Gasteiger partial charge in [0.2, 0.25) is 17.7 Å². The predicted molar refractivity (Wildman–Crippen MR) is 170 cm³/mol. The number of likely N-dealkylation sites (tertiary alicyclic amines) is 1. The first kappa shape index (κ1) is 34.7. The van der Waals surface area contributed by atoms with Gasteiger partial charge in [0, 0.05) is 23.4 Å². The minimum atomic E-state index is -1.81. The summed E-state index contributed by atoms with van der Waals surface area (Å²) >= 11 is 6.21. The number of rotatable bonds is 11. The Morgan fingerprint density at radius 1 is 1.16 bits per heavy atom. The number of carboxylic acids is 1. The number of aliphatic carboxylic acids is 1. The number of nitrogens with zero attached hydrogens (tertiary/aromatic N) is 1. The van der Waals surface area contributed by atoms with E-state index in [1.54, 1.807) is 18.2 Å². The number of halogens is 1. The zero-order chi connectivity index (χ0) is 32.9. The average molecular weight is 647 g/mol. The van der Waals surface area contributed by atoms with Gasteiger partial charge in [0.25, 0.3) is 0 Å². The van der Waals surface area contributed by atoms with Crippen LogP contribution in [-0.2, 0) is 24.0 Å². The van der Waals surface area contributed by atoms with E-state index in [-0.39, 0.29) is 31.2 Å². The van der Waals surface area contributed by atoms with Crippen LogP contribution in [0.1, 0.15) is 91.0 Å². The topological polar surface area (TPSA) is 157 Å². The third-order valence-corrected chi connectivity index (χ3v) is 9.26. The molecule has 12 heteroatoms. The lowest BCUT2D eigenvalue weighted by Gasteiger charge is -2.36. The Kier molecular flexibility index (Phi) is 11.2. The number of carboxylic acid groups (broad SMARTS) is 1. The first-order valence-electron chi connectivity index (χ1n) is 16.0. The van der Waals surface area contributed by atoms with Crippen molar-refractivity contribution < 1.29 is 34.2 Å². The quantitative estimate of drug-likeness (QED) is 0.243. The molecule has 1 aromatic carbocycles. The molecule has 0 radical (unpaired) electrons. The first-order valence-corrected chi connectivity index (χ1v) is 16.3. The number of amides is 3. The average Bonchev–Trinajstić information content (AvgIpc) is 3.58. The number of hydrogen-bond donors (Lipinski definition) is 5. The van der Waals surface area contributed by atoms with Crippen LogP contribution in [0.15, 0.2) is 30.3 Å². The summed E-state index contributed by atoms with van der Waals surface area (Å²) in [6.45, 7) is 7.41. The monoisotopic (exact) mass is 646 g/mol. The number of carbonyl (C=O) groups excluding carboxylic acids is 3. The van der Waals surface area contributed by atoms with Crippen molar-refractivity contribution in [3.05, 3.63) is 40.9 Å². The second kappa shape index (κ2) is 14.5. The molecule has 11 nitrogen and oxygen atoms in total. The lowest BCUT2D eigenvalue weighted by Crippen LogP contribution is -2.59. The van der Waals surface area contributed by atoms with Crippen LogP contribution in [0.5, 0.6) is 0 Å². The Morgan fingerprint density at radius 3 is 2.49 bits per heavy atom. The zero-order valence-corrected chi connectivity index (χ0v) is 27.4. The van der Waals surface area contributed by atoms with Gasteiger partial charge in [-0.15, -0.1) is 0 Å². The smallest absolute Gasteiger partial charge is 0.334 e. The molecule has 3 aliphatic rings. The predicted octanol–water partition coefficient (Wildman–Crippen LogP) is 3.79. The maximum atomic E-state index is 14.4. The Bertz CT molecular complexity index is 1290. The summed E-state index contributed by atoms with van der Waals surface area (Å²) in [5, 5.41) is 26.0. The zero-order valence-electron chi connectivity index (χ0n) is 26.6. The molecule has 2 fully saturated rings. The molecule has 5 atom stereocenters. The number of nitrogens with one attached hydrogen (secondary N) is 3. The lowest BCUT2D eigenvalue weighted by molar-refractivity contribution is -0.150. The van der Waals surface area contributed by atoms with Gasteiger partial charge in [-0.3, -0.25) is 24.7 Å². The molecule has 0 aromatic heterocycles. The summed E-state index contributed by atoms with van der Waals surface area (Å²) in [5.74, 6) is -2.40. The van der Waals surface area contributed by atoms with Gasteiger partial charge in [-0.25, -0.2) is 4.79 Å². The molecular formula is C33H47ClN4O7. The van der Waals surface area contributed by atoms with E-state index in [2.05, 4.69) is 16.1 Å². The summed E-state index contributed by atoms with van der Waals surface area (Å²) < 4.78 is 0. The number of aliphatic hydroxyl groups excluding tert-OH is 1. The maximum Gasteiger partial charge on any atom is 0.334 e. The number of benzene rings is 1. The Labute approximate surface area is 270 Å². The van der Waals surface area contributed by atoms with Crippen LogP contribution in [0, 0.1) is 11.3 Å². The van der Waals surface area contributed by atoms with E-state index in [9.17, 15) is 29.4 Å². The van der Waals surface area contributed by atoms with Crippen molar-refractivity contribution in [2.75, 3.05) is 6.54 Å². The van der Waals surface area contributed by atoms with Crippen LogP contribution in [0.3, 0.4) is 0 Å². The molecule has 1 saturated carbocycles. The molecule has 248 valence electrons. The van der Waals surface area contributed by atoms with E-state index < -0.39 is 53.0 Å². The normalized spacial score (nSPS) is 24.0. The third kappa shape index (κ3) is 8.56. The second-order valence-corrected chi connectivity index (χ2v) is 14.2. The minimum absolute atomic E-state index is 0.00594. The van der Waals surface area contributed by atoms with Gasteiger partial charge in [-0.1, -0.05) is 77.1 Å². The number of hydrogen-bond acceptors (Lipinski definition) is 7. The highest BCUT2D eigenvalue weighted by Crippen LogP contribution is 2.39. The van der Waals surface area contributed by atoms with Gasteiger partial charge in [0.1, 0.15) is 17.7 Å². The van der Waals surface area contributed by atoms with E-state index in [4.69, 9.17) is 16.4 Å². The molecule has 0 bridgehead atoms. The van der Waals surface area contributed by atoms with Gasteiger partial charge in [0.15, 0.2) is 6.10 Å². The first-order chi connectivity index (χ1) is 21.2. The van der Waals surface area contributed by atoms with Gasteiger partial charge in [-0.2, -0.15) is 0 Å². The van der Waals surface area contributed by atoms with Crippen molar-refractivity contribution in [2.45, 2.75) is 115 Å². The van der Waals surface area contributed by atoms with Gasteiger partial charge in [0.05, 0.1) is 18.3 Å². The molecule has 4 rings (SSSR count). The van der Waals surface area contributed by atoms with Crippen molar-refractivity contribution >= 4 is 41.0 Å². The lowest BCUT2D eigenvalue weighted by atomic mass is 9.84. The van der Waals surface area contributed by atoms with Crippen molar-refractivity contribution in [1.82, 2.24) is 21.0 Å². The largest absolute Gasteiger partial charge is 0.479 e. The summed E-state index contributed by atoms with van der Waals surface area (Å²) in [6, 6.07) is 4.14. The van der Waals surface area contributed by atoms with Gasteiger partial charge in [-0.05, 0) is 48.8 Å². The molecule has 2 aliphatic heterocycles. The summed E-state index contributed by atoms with van der Waals surface area (Å²) in [7, 11) is 0. The molecular weight excluding hydrogens is 600 g/mol. The summed E-state index contributed by atoms with van der Waals surface area (Å²) in [6.07, 6.45) is 6.53. The molecule has 1 aliphatic carbocycles. The fourth-order valence-electron chi connectivity index (χ4n) is 6.58. The highest BCUT2D eigenvalue weighted by atomic mass is 35.5. The second-order valence-electron chi connectivity index (χ2n) is 13.8. The van der Waals surface area contributed by atoms with Crippen LogP contribution in [-0.4, -0.2) is 75.2 Å². The minimum Gasteiger partial charge on any atom is -0.479 e. The van der Waals surface area contributed by atoms with E-state index in [0.717, 1.165) is 31.2 Å². The van der Waals surface area contributed by atoms with Crippen LogP contribution < -0.4 is 16.1 Å². The number of carbonyl (C=O) groups is 4. The van der Waals surface area contributed by atoms with E-state index >= 15 is 0 Å². The summed E-state index contributed by atoms with van der Waals surface area (Å²) in [5.41, 5.74) is 2.55. The molecule has 1 aromatic rings. The Hall–Kier alpha value is -3.15. The van der Waals surface area contributed by atoms with Crippen molar-refractivity contribution in [3.8, 4) is 0 Å². The SMILES string of the molecule is CCC[C@H](NC(=O)[C@@H]1C[C@]2(C=C(c3cccc(Cl)c3)NO2)CN1C(=O)[C@@H](NC(=O)CC1CCCCC1)C(C)(C)C)C(O)C(=O)O. The highest BCUT2D eigenvalue weighted by molar-refractivity contribution is 6.30. The Morgan fingerprint density at radius 2 is 1.87 bits per heavy atom. The molecule has 1 spiro atoms.